The van der Waals surface area contributed by atoms with Crippen molar-refractivity contribution in [3.05, 3.63) is 48.3 Å². The number of fused-ring (bicyclic) bond motifs is 1. The van der Waals surface area contributed by atoms with E-state index in [1.54, 1.807) is 12.1 Å². The highest BCUT2D eigenvalue weighted by molar-refractivity contribution is 5.94. The van der Waals surface area contributed by atoms with Crippen LogP contribution in [-0.2, 0) is 4.79 Å². The van der Waals surface area contributed by atoms with Gasteiger partial charge in [0.1, 0.15) is 5.69 Å². The number of nitrogens with one attached hydrogen (secondary N) is 2. The minimum Gasteiger partial charge on any atom is -0.356 e. The number of nitrogens with zero attached hydrogens (tertiary/aromatic N) is 2. The van der Waals surface area contributed by atoms with Gasteiger partial charge in [0, 0.05) is 19.7 Å². The fourth-order valence-corrected chi connectivity index (χ4v) is 1.56. The van der Waals surface area contributed by atoms with E-state index in [4.69, 9.17) is 0 Å². The Balaban J connectivity index is 2.00. The van der Waals surface area contributed by atoms with Crippen LogP contribution in [-0.4, -0.2) is 35.4 Å². The van der Waals surface area contributed by atoms with Crippen molar-refractivity contribution in [2.75, 3.05) is 13.6 Å². The first-order valence-electron chi connectivity index (χ1n) is 6.09. The molecular weight excluding hydrogens is 256 g/mol. The first-order chi connectivity index (χ1) is 9.70. The van der Waals surface area contributed by atoms with E-state index in [0.717, 1.165) is 5.52 Å². The number of benzene rings is 1. The lowest BCUT2D eigenvalue weighted by Crippen LogP contribution is -2.25. The Labute approximate surface area is 115 Å². The number of hydrogen-bond acceptors (Lipinski definition) is 4. The van der Waals surface area contributed by atoms with Crippen molar-refractivity contribution in [1.82, 2.24) is 20.6 Å². The first kappa shape index (κ1) is 13.7. The third-order valence-electron chi connectivity index (χ3n) is 2.58. The summed E-state index contributed by atoms with van der Waals surface area (Å²) >= 11 is 0. The highest BCUT2D eigenvalue weighted by Crippen LogP contribution is 2.08. The predicted molar refractivity (Wildman–Crippen MR) is 75.1 cm³/mol. The Hall–Kier alpha value is -2.76. The number of carbonyl (C=O) groups excluding carboxylic acids is 2. The highest BCUT2D eigenvalue weighted by Gasteiger charge is 2.07. The molecule has 0 aliphatic rings. The SMILES string of the molecule is CNC(=O)/C=C/CNC(=O)c1cnc2ccccc2n1. The van der Waals surface area contributed by atoms with E-state index in [1.807, 2.05) is 18.2 Å². The summed E-state index contributed by atoms with van der Waals surface area (Å²) in [4.78, 5) is 31.2. The van der Waals surface area contributed by atoms with Crippen LogP contribution < -0.4 is 10.6 Å². The van der Waals surface area contributed by atoms with Gasteiger partial charge in [-0.25, -0.2) is 4.98 Å². The van der Waals surface area contributed by atoms with Gasteiger partial charge in [0.05, 0.1) is 17.2 Å². The third kappa shape index (κ3) is 3.38. The molecule has 0 unspecified atom stereocenters. The summed E-state index contributed by atoms with van der Waals surface area (Å²) in [6.07, 6.45) is 4.34. The maximum atomic E-state index is 11.9. The Morgan fingerprint density at radius 1 is 1.25 bits per heavy atom. The van der Waals surface area contributed by atoms with Gasteiger partial charge in [-0.3, -0.25) is 14.6 Å². The molecule has 20 heavy (non-hydrogen) atoms. The fraction of sp³-hybridized carbons (Fsp3) is 0.143. The molecule has 6 heteroatoms. The van der Waals surface area contributed by atoms with Gasteiger partial charge < -0.3 is 10.6 Å². The van der Waals surface area contributed by atoms with Crippen LogP contribution in [0, 0.1) is 0 Å². The van der Waals surface area contributed by atoms with Crippen LogP contribution in [0.15, 0.2) is 42.6 Å². The molecule has 6 nitrogen and oxygen atoms in total. The zero-order valence-electron chi connectivity index (χ0n) is 11.0. The van der Waals surface area contributed by atoms with E-state index in [-0.39, 0.29) is 24.1 Å². The number of carbonyl (C=O) groups is 2. The molecule has 0 fully saturated rings. The van der Waals surface area contributed by atoms with Crippen molar-refractivity contribution >= 4 is 22.8 Å². The number of likely N-dealkylation sites (N-methyl/N-ethyl adjacent to an activating group) is 1. The molecule has 1 heterocycles. The second-order valence-electron chi connectivity index (χ2n) is 3.97. The maximum Gasteiger partial charge on any atom is 0.271 e. The summed E-state index contributed by atoms with van der Waals surface area (Å²) in [5.41, 5.74) is 1.65. The second-order valence-corrected chi connectivity index (χ2v) is 3.97. The summed E-state index contributed by atoms with van der Waals surface area (Å²) < 4.78 is 0. The number of aromatic nitrogens is 2. The lowest BCUT2D eigenvalue weighted by atomic mass is 10.3. The van der Waals surface area contributed by atoms with Crippen molar-refractivity contribution < 1.29 is 9.59 Å². The molecular formula is C14H14N4O2. The van der Waals surface area contributed by atoms with Crippen LogP contribution >= 0.6 is 0 Å². The Kier molecular flexibility index (Phi) is 4.39. The van der Waals surface area contributed by atoms with Crippen molar-refractivity contribution in [1.29, 1.82) is 0 Å². The van der Waals surface area contributed by atoms with Crippen molar-refractivity contribution in [2.45, 2.75) is 0 Å². The molecule has 0 spiro atoms. The highest BCUT2D eigenvalue weighted by atomic mass is 16.2. The van der Waals surface area contributed by atoms with Gasteiger partial charge in [-0.1, -0.05) is 18.2 Å². The normalized spacial score (nSPS) is 10.7. The van der Waals surface area contributed by atoms with Crippen LogP contribution in [0.25, 0.3) is 11.0 Å². The molecule has 0 aliphatic heterocycles. The van der Waals surface area contributed by atoms with Gasteiger partial charge in [0.15, 0.2) is 0 Å². The van der Waals surface area contributed by atoms with Crippen LogP contribution in [0.5, 0.6) is 0 Å². The summed E-state index contributed by atoms with van der Waals surface area (Å²) in [6, 6.07) is 7.33. The van der Waals surface area contributed by atoms with E-state index >= 15 is 0 Å². The fourth-order valence-electron chi connectivity index (χ4n) is 1.56. The smallest absolute Gasteiger partial charge is 0.271 e. The lowest BCUT2D eigenvalue weighted by molar-refractivity contribution is -0.116. The van der Waals surface area contributed by atoms with Crippen LogP contribution in [0.1, 0.15) is 10.5 Å². The standard InChI is InChI=1S/C14H14N4O2/c1-15-13(19)7-4-8-16-14(20)12-9-17-10-5-2-3-6-11(10)18-12/h2-7,9H,8H2,1H3,(H,15,19)(H,16,20)/b7-4+. The quantitative estimate of drug-likeness (QED) is 0.799. The van der Waals surface area contributed by atoms with Gasteiger partial charge >= 0.3 is 0 Å². The first-order valence-corrected chi connectivity index (χ1v) is 6.09. The molecule has 0 bridgehead atoms. The van der Waals surface area contributed by atoms with Gasteiger partial charge in [-0.15, -0.1) is 0 Å². The molecule has 2 N–H and O–H groups in total. The average Bonchev–Trinajstić information content (AvgIpc) is 2.50. The van der Waals surface area contributed by atoms with Crippen molar-refractivity contribution in [2.24, 2.45) is 0 Å². The molecule has 102 valence electrons. The average molecular weight is 270 g/mol. The molecule has 0 saturated heterocycles. The van der Waals surface area contributed by atoms with Crippen LogP contribution in [0.2, 0.25) is 0 Å². The summed E-state index contributed by atoms with van der Waals surface area (Å²) in [7, 11) is 1.54. The minimum absolute atomic E-state index is 0.218. The predicted octanol–water partition coefficient (Wildman–Crippen LogP) is 0.662. The van der Waals surface area contributed by atoms with E-state index in [0.29, 0.717) is 5.52 Å². The van der Waals surface area contributed by atoms with Gasteiger partial charge in [-0.05, 0) is 12.1 Å². The van der Waals surface area contributed by atoms with Crippen molar-refractivity contribution in [3.8, 4) is 0 Å². The monoisotopic (exact) mass is 270 g/mol. The number of amides is 2. The van der Waals surface area contributed by atoms with Gasteiger partial charge in [0.2, 0.25) is 5.91 Å². The largest absolute Gasteiger partial charge is 0.356 e. The van der Waals surface area contributed by atoms with Gasteiger partial charge in [-0.2, -0.15) is 0 Å². The summed E-state index contributed by atoms with van der Waals surface area (Å²) in [6.45, 7) is 0.251. The maximum absolute atomic E-state index is 11.9. The Morgan fingerprint density at radius 2 is 2.00 bits per heavy atom. The van der Waals surface area contributed by atoms with E-state index in [9.17, 15) is 9.59 Å². The second kappa shape index (κ2) is 6.42. The van der Waals surface area contributed by atoms with E-state index < -0.39 is 0 Å². The molecule has 1 aromatic carbocycles. The minimum atomic E-state index is -0.329. The third-order valence-corrected chi connectivity index (χ3v) is 2.58. The molecule has 2 amide bonds. The summed E-state index contributed by atoms with van der Waals surface area (Å²) in [5, 5.41) is 5.08. The molecule has 1 aromatic heterocycles. The summed E-state index contributed by atoms with van der Waals surface area (Å²) in [5.74, 6) is -0.547. The zero-order valence-corrected chi connectivity index (χ0v) is 11.0. The topological polar surface area (TPSA) is 84.0 Å². The van der Waals surface area contributed by atoms with Crippen molar-refractivity contribution in [3.63, 3.8) is 0 Å². The van der Waals surface area contributed by atoms with E-state index in [2.05, 4.69) is 20.6 Å². The van der Waals surface area contributed by atoms with Crippen LogP contribution in [0.4, 0.5) is 0 Å². The lowest BCUT2D eigenvalue weighted by Gasteiger charge is -2.02. The molecule has 2 rings (SSSR count). The Morgan fingerprint density at radius 3 is 2.75 bits per heavy atom. The molecule has 0 aliphatic carbocycles. The number of para-hydroxylation sites is 2. The number of hydrogen-bond donors (Lipinski definition) is 2. The van der Waals surface area contributed by atoms with E-state index in [1.165, 1.54) is 19.3 Å². The molecule has 0 radical (unpaired) electrons. The number of rotatable bonds is 4. The van der Waals surface area contributed by atoms with Crippen LogP contribution in [0.3, 0.4) is 0 Å². The molecule has 0 saturated carbocycles. The Bertz CT molecular complexity index is 667. The van der Waals surface area contributed by atoms with Gasteiger partial charge in [0.25, 0.3) is 5.91 Å². The molecule has 0 atom stereocenters. The molecule has 2 aromatic rings. The zero-order chi connectivity index (χ0) is 14.4.